The van der Waals surface area contributed by atoms with E-state index in [0.717, 1.165) is 12.0 Å². The first-order valence-corrected chi connectivity index (χ1v) is 9.36. The molecule has 3 aromatic rings. The summed E-state index contributed by atoms with van der Waals surface area (Å²) in [7, 11) is 0. The summed E-state index contributed by atoms with van der Waals surface area (Å²) in [6.07, 6.45) is 0.877. The Morgan fingerprint density at radius 2 is 1.87 bits per heavy atom. The van der Waals surface area contributed by atoms with Crippen molar-refractivity contribution in [3.05, 3.63) is 71.4 Å². The Labute approximate surface area is 173 Å². The van der Waals surface area contributed by atoms with Crippen molar-refractivity contribution in [3.63, 3.8) is 0 Å². The van der Waals surface area contributed by atoms with Crippen molar-refractivity contribution in [2.24, 2.45) is 5.92 Å². The average molecular weight is 404 g/mol. The highest BCUT2D eigenvalue weighted by Crippen LogP contribution is 2.18. The van der Waals surface area contributed by atoms with Crippen LogP contribution in [0.1, 0.15) is 34.6 Å². The number of benzene rings is 2. The van der Waals surface area contributed by atoms with Crippen LogP contribution in [0.3, 0.4) is 0 Å². The lowest BCUT2D eigenvalue weighted by molar-refractivity contribution is -0.117. The third-order valence-electron chi connectivity index (χ3n) is 4.36. The molecule has 0 aliphatic carbocycles. The molecule has 30 heavy (non-hydrogen) atoms. The molecule has 1 atom stereocenters. The number of hydrogen-bond donors (Lipinski definition) is 1. The Morgan fingerprint density at radius 1 is 1.17 bits per heavy atom. The van der Waals surface area contributed by atoms with Gasteiger partial charge in [0, 0.05) is 18.2 Å². The fraction of sp³-hybridized carbons (Fsp3) is 0.227. The predicted molar refractivity (Wildman–Crippen MR) is 108 cm³/mol. The number of hydrogen-bond acceptors (Lipinski definition) is 7. The number of nitriles is 1. The van der Waals surface area contributed by atoms with E-state index in [0.29, 0.717) is 23.2 Å². The number of aryl methyl sites for hydroxylation is 2. The lowest BCUT2D eigenvalue weighted by atomic mass is 9.98. The van der Waals surface area contributed by atoms with Gasteiger partial charge in [-0.05, 0) is 48.4 Å². The van der Waals surface area contributed by atoms with Gasteiger partial charge in [-0.1, -0.05) is 24.2 Å². The molecule has 0 aliphatic heterocycles. The largest absolute Gasteiger partial charge is 0.485 e. The smallest absolute Gasteiger partial charge is 0.249 e. The van der Waals surface area contributed by atoms with Crippen LogP contribution in [-0.2, 0) is 17.8 Å². The summed E-state index contributed by atoms with van der Waals surface area (Å²) in [6, 6.07) is 15.2. The van der Waals surface area contributed by atoms with Crippen LogP contribution in [0.4, 0.5) is 5.69 Å². The molecule has 1 amide bonds. The highest BCUT2D eigenvalue weighted by Gasteiger charge is 2.27. The quantitative estimate of drug-likeness (QED) is 0.451. The van der Waals surface area contributed by atoms with Crippen molar-refractivity contribution in [3.8, 4) is 11.8 Å². The maximum Gasteiger partial charge on any atom is 0.249 e. The van der Waals surface area contributed by atoms with Gasteiger partial charge in [-0.3, -0.25) is 9.59 Å². The van der Waals surface area contributed by atoms with Crippen LogP contribution in [0, 0.1) is 24.2 Å². The monoisotopic (exact) mass is 404 g/mol. The minimum absolute atomic E-state index is 0.116. The molecular formula is C22H20N4O4. The minimum Gasteiger partial charge on any atom is -0.485 e. The number of anilines is 1. The van der Waals surface area contributed by atoms with Gasteiger partial charge in [0.15, 0.2) is 18.3 Å². The first kappa shape index (κ1) is 20.7. The summed E-state index contributed by atoms with van der Waals surface area (Å²) in [4.78, 5) is 29.1. The fourth-order valence-corrected chi connectivity index (χ4v) is 2.70. The topological polar surface area (TPSA) is 118 Å². The fourth-order valence-electron chi connectivity index (χ4n) is 2.70. The van der Waals surface area contributed by atoms with E-state index in [-0.39, 0.29) is 12.2 Å². The molecule has 1 N–H and O–H groups in total. The number of ketones is 1. The molecule has 2 aromatic carbocycles. The predicted octanol–water partition coefficient (Wildman–Crippen LogP) is 3.48. The number of nitrogens with one attached hydrogen (secondary N) is 1. The lowest BCUT2D eigenvalue weighted by Crippen LogP contribution is -2.28. The lowest BCUT2D eigenvalue weighted by Gasteiger charge is -2.11. The van der Waals surface area contributed by atoms with E-state index < -0.39 is 17.6 Å². The number of ether oxygens (including phenoxy) is 1. The summed E-state index contributed by atoms with van der Waals surface area (Å²) in [5.41, 5.74) is 1.89. The molecular weight excluding hydrogens is 384 g/mol. The van der Waals surface area contributed by atoms with Crippen molar-refractivity contribution in [2.45, 2.75) is 26.9 Å². The maximum absolute atomic E-state index is 12.6. The number of carbonyl (C=O) groups is 2. The van der Waals surface area contributed by atoms with E-state index >= 15 is 0 Å². The van der Waals surface area contributed by atoms with E-state index in [1.165, 1.54) is 12.1 Å². The number of amides is 1. The summed E-state index contributed by atoms with van der Waals surface area (Å²) in [6.45, 7) is 3.82. The standard InChI is InChI=1S/C22H20N4O4/c1-3-15-4-8-17(9-5-15)25-22(28)19(12-23)21(27)16-6-10-18(11-7-16)29-13-20-24-14(2)30-26-20/h4-11,19H,3,13H2,1-2H3,(H,25,28). The molecule has 0 fully saturated rings. The maximum atomic E-state index is 12.6. The zero-order chi connectivity index (χ0) is 21.5. The van der Waals surface area contributed by atoms with Gasteiger partial charge in [0.25, 0.3) is 0 Å². The summed E-state index contributed by atoms with van der Waals surface area (Å²) in [5.74, 6) is -1.37. The highest BCUT2D eigenvalue weighted by atomic mass is 16.5. The van der Waals surface area contributed by atoms with Crippen molar-refractivity contribution >= 4 is 17.4 Å². The molecule has 0 saturated carbocycles. The molecule has 0 bridgehead atoms. The van der Waals surface area contributed by atoms with Crippen LogP contribution in [0.5, 0.6) is 5.75 Å². The van der Waals surface area contributed by atoms with Gasteiger partial charge >= 0.3 is 0 Å². The van der Waals surface area contributed by atoms with Crippen LogP contribution in [0.25, 0.3) is 0 Å². The zero-order valence-corrected chi connectivity index (χ0v) is 16.6. The third-order valence-corrected chi connectivity index (χ3v) is 4.36. The van der Waals surface area contributed by atoms with Gasteiger partial charge in [-0.2, -0.15) is 10.2 Å². The van der Waals surface area contributed by atoms with Gasteiger partial charge < -0.3 is 14.6 Å². The molecule has 1 unspecified atom stereocenters. The van der Waals surface area contributed by atoms with E-state index in [9.17, 15) is 14.9 Å². The van der Waals surface area contributed by atoms with Gasteiger partial charge in [0.05, 0.1) is 6.07 Å². The minimum atomic E-state index is -1.45. The summed E-state index contributed by atoms with van der Waals surface area (Å²) < 4.78 is 10.4. The van der Waals surface area contributed by atoms with Crippen LogP contribution >= 0.6 is 0 Å². The second-order valence-electron chi connectivity index (χ2n) is 6.51. The molecule has 1 aromatic heterocycles. The first-order valence-electron chi connectivity index (χ1n) is 9.36. The second kappa shape index (κ2) is 9.47. The van der Waals surface area contributed by atoms with Crippen molar-refractivity contribution in [1.29, 1.82) is 5.26 Å². The van der Waals surface area contributed by atoms with Crippen molar-refractivity contribution in [2.75, 3.05) is 5.32 Å². The van der Waals surface area contributed by atoms with E-state index in [1.54, 1.807) is 37.3 Å². The molecule has 152 valence electrons. The van der Waals surface area contributed by atoms with Crippen LogP contribution in [-0.4, -0.2) is 21.8 Å². The number of rotatable bonds is 8. The third kappa shape index (κ3) is 5.08. The number of carbonyl (C=O) groups excluding carboxylic acids is 2. The van der Waals surface area contributed by atoms with E-state index in [2.05, 4.69) is 15.5 Å². The van der Waals surface area contributed by atoms with E-state index in [1.807, 2.05) is 19.1 Å². The number of aromatic nitrogens is 2. The molecule has 0 spiro atoms. The average Bonchev–Trinajstić information content (AvgIpc) is 3.18. The summed E-state index contributed by atoms with van der Waals surface area (Å²) in [5, 5.41) is 15.7. The molecule has 0 aliphatic rings. The normalized spacial score (nSPS) is 11.4. The Hall–Kier alpha value is -3.99. The molecule has 0 radical (unpaired) electrons. The van der Waals surface area contributed by atoms with Gasteiger partial charge in [0.1, 0.15) is 5.75 Å². The van der Waals surface area contributed by atoms with Crippen LogP contribution in [0.2, 0.25) is 0 Å². The highest BCUT2D eigenvalue weighted by molar-refractivity contribution is 6.15. The van der Waals surface area contributed by atoms with Gasteiger partial charge in [-0.25, -0.2) is 0 Å². The Balaban J connectivity index is 1.62. The summed E-state index contributed by atoms with van der Waals surface area (Å²) >= 11 is 0. The van der Waals surface area contributed by atoms with Crippen molar-refractivity contribution in [1.82, 2.24) is 10.1 Å². The molecule has 0 saturated heterocycles. The molecule has 8 heteroatoms. The van der Waals surface area contributed by atoms with Gasteiger partial charge in [-0.15, -0.1) is 0 Å². The zero-order valence-electron chi connectivity index (χ0n) is 16.6. The second-order valence-corrected chi connectivity index (χ2v) is 6.51. The number of Topliss-reactive ketones (excluding diaryl/α,β-unsaturated/α-hetero) is 1. The molecule has 3 rings (SSSR count). The van der Waals surface area contributed by atoms with E-state index in [4.69, 9.17) is 9.26 Å². The Morgan fingerprint density at radius 3 is 2.43 bits per heavy atom. The molecule has 1 heterocycles. The van der Waals surface area contributed by atoms with Crippen LogP contribution in [0.15, 0.2) is 53.1 Å². The molecule has 8 nitrogen and oxygen atoms in total. The SMILES string of the molecule is CCc1ccc(NC(=O)C(C#N)C(=O)c2ccc(OCc3noc(C)n3)cc2)cc1. The van der Waals surface area contributed by atoms with Gasteiger partial charge in [0.2, 0.25) is 17.6 Å². The first-order chi connectivity index (χ1) is 14.5. The number of nitrogens with zero attached hydrogens (tertiary/aromatic N) is 3. The Bertz CT molecular complexity index is 1070. The van der Waals surface area contributed by atoms with Crippen molar-refractivity contribution < 1.29 is 18.8 Å². The Kier molecular flexibility index (Phi) is 6.55. The van der Waals surface area contributed by atoms with Crippen LogP contribution < -0.4 is 10.1 Å².